The first-order valence-corrected chi connectivity index (χ1v) is 8.56. The lowest BCUT2D eigenvalue weighted by atomic mass is 10.00. The van der Waals surface area contributed by atoms with E-state index >= 15 is 0 Å². The predicted molar refractivity (Wildman–Crippen MR) is 95.0 cm³/mol. The van der Waals surface area contributed by atoms with Crippen molar-refractivity contribution < 1.29 is 22.8 Å². The summed E-state index contributed by atoms with van der Waals surface area (Å²) in [6, 6.07) is 12.5. The highest BCUT2D eigenvalue weighted by molar-refractivity contribution is 5.98. The number of rotatable bonds is 3. The highest BCUT2D eigenvalue weighted by Gasteiger charge is 2.36. The number of nitrogens with zero attached hydrogens (tertiary/aromatic N) is 2. The molecule has 0 unspecified atom stereocenters. The Balaban J connectivity index is 1.82. The Kier molecular flexibility index (Phi) is 5.21. The fourth-order valence-electron chi connectivity index (χ4n) is 3.26. The zero-order valence-corrected chi connectivity index (χ0v) is 14.8. The van der Waals surface area contributed by atoms with Gasteiger partial charge in [-0.2, -0.15) is 13.2 Å². The van der Waals surface area contributed by atoms with Gasteiger partial charge in [0.15, 0.2) is 0 Å². The van der Waals surface area contributed by atoms with Crippen molar-refractivity contribution in [2.75, 3.05) is 18.0 Å². The van der Waals surface area contributed by atoms with Gasteiger partial charge in [-0.05, 0) is 29.7 Å². The topological polar surface area (TPSA) is 40.6 Å². The van der Waals surface area contributed by atoms with Crippen LogP contribution in [0.2, 0.25) is 0 Å². The Morgan fingerprint density at radius 1 is 1.04 bits per heavy atom. The number of alkyl halides is 3. The normalized spacial score (nSPS) is 13.9. The van der Waals surface area contributed by atoms with E-state index in [0.717, 1.165) is 29.0 Å². The minimum Gasteiger partial charge on any atom is -0.336 e. The number of hydrogen-bond donors (Lipinski definition) is 0. The average molecular weight is 376 g/mol. The summed E-state index contributed by atoms with van der Waals surface area (Å²) >= 11 is 0. The fourth-order valence-corrected chi connectivity index (χ4v) is 3.26. The molecule has 4 nitrogen and oxygen atoms in total. The second-order valence-electron chi connectivity index (χ2n) is 6.45. The minimum atomic E-state index is -4.61. The second kappa shape index (κ2) is 7.42. The van der Waals surface area contributed by atoms with Gasteiger partial charge in [0.1, 0.15) is 6.54 Å². The largest absolute Gasteiger partial charge is 0.418 e. The average Bonchev–Trinajstić information content (AvgIpc) is 2.64. The SMILES string of the molecule is CC(=O)N(CC(=O)N1CCc2ccccc2C1)c1ccccc1C(F)(F)F. The Bertz CT molecular complexity index is 864. The summed E-state index contributed by atoms with van der Waals surface area (Å²) in [7, 11) is 0. The summed E-state index contributed by atoms with van der Waals surface area (Å²) < 4.78 is 39.9. The van der Waals surface area contributed by atoms with Crippen LogP contribution >= 0.6 is 0 Å². The molecule has 1 aliphatic rings. The monoisotopic (exact) mass is 376 g/mol. The third-order valence-corrected chi connectivity index (χ3v) is 4.66. The van der Waals surface area contributed by atoms with Gasteiger partial charge in [-0.3, -0.25) is 9.59 Å². The van der Waals surface area contributed by atoms with Gasteiger partial charge in [-0.1, -0.05) is 36.4 Å². The Labute approximate surface area is 155 Å². The van der Waals surface area contributed by atoms with E-state index in [1.807, 2.05) is 24.3 Å². The van der Waals surface area contributed by atoms with Crippen LogP contribution in [0.5, 0.6) is 0 Å². The van der Waals surface area contributed by atoms with Crippen molar-refractivity contribution in [2.45, 2.75) is 26.1 Å². The molecule has 0 N–H and O–H groups in total. The molecule has 1 heterocycles. The minimum absolute atomic E-state index is 0.303. The van der Waals surface area contributed by atoms with Crippen molar-refractivity contribution >= 4 is 17.5 Å². The first-order valence-electron chi connectivity index (χ1n) is 8.56. The molecule has 0 radical (unpaired) electrons. The quantitative estimate of drug-likeness (QED) is 0.821. The van der Waals surface area contributed by atoms with E-state index < -0.39 is 24.2 Å². The first-order chi connectivity index (χ1) is 12.8. The molecule has 7 heteroatoms. The summed E-state index contributed by atoms with van der Waals surface area (Å²) in [6.45, 7) is 1.60. The molecule has 0 aliphatic carbocycles. The number of carbonyl (C=O) groups excluding carboxylic acids is 2. The van der Waals surface area contributed by atoms with Gasteiger partial charge in [0.05, 0.1) is 11.3 Å². The molecular weight excluding hydrogens is 357 g/mol. The van der Waals surface area contributed by atoms with Gasteiger partial charge < -0.3 is 9.80 Å². The summed E-state index contributed by atoms with van der Waals surface area (Å²) in [5.74, 6) is -0.992. The van der Waals surface area contributed by atoms with Crippen molar-refractivity contribution in [3.05, 3.63) is 65.2 Å². The number of para-hydroxylation sites is 1. The molecule has 0 saturated carbocycles. The van der Waals surface area contributed by atoms with Gasteiger partial charge in [-0.25, -0.2) is 0 Å². The van der Waals surface area contributed by atoms with Crippen LogP contribution in [0.15, 0.2) is 48.5 Å². The van der Waals surface area contributed by atoms with E-state index in [1.165, 1.54) is 18.2 Å². The summed E-state index contributed by atoms with van der Waals surface area (Å²) in [6.07, 6.45) is -3.93. The van der Waals surface area contributed by atoms with Gasteiger partial charge in [0.2, 0.25) is 11.8 Å². The Morgan fingerprint density at radius 3 is 2.33 bits per heavy atom. The van der Waals surface area contributed by atoms with Crippen molar-refractivity contribution in [3.63, 3.8) is 0 Å². The van der Waals surface area contributed by atoms with Crippen LogP contribution in [0.25, 0.3) is 0 Å². The van der Waals surface area contributed by atoms with E-state index in [1.54, 1.807) is 4.90 Å². The number of anilines is 1. The van der Waals surface area contributed by atoms with Gasteiger partial charge >= 0.3 is 6.18 Å². The molecular formula is C20H19F3N2O2. The van der Waals surface area contributed by atoms with Crippen molar-refractivity contribution in [1.29, 1.82) is 0 Å². The molecule has 0 fully saturated rings. The third kappa shape index (κ3) is 4.13. The van der Waals surface area contributed by atoms with Gasteiger partial charge in [0.25, 0.3) is 0 Å². The lowest BCUT2D eigenvalue weighted by molar-refractivity contribution is -0.137. The van der Waals surface area contributed by atoms with Gasteiger partial charge in [-0.15, -0.1) is 0 Å². The van der Waals surface area contributed by atoms with Crippen LogP contribution in [0.4, 0.5) is 18.9 Å². The summed E-state index contributed by atoms with van der Waals surface area (Å²) in [5.41, 5.74) is 0.940. The molecule has 2 amide bonds. The van der Waals surface area contributed by atoms with E-state index in [-0.39, 0.29) is 11.6 Å². The van der Waals surface area contributed by atoms with Crippen LogP contribution in [-0.2, 0) is 28.7 Å². The molecule has 2 aromatic carbocycles. The number of halogens is 3. The number of amides is 2. The number of carbonyl (C=O) groups is 2. The van der Waals surface area contributed by atoms with Gasteiger partial charge in [0, 0.05) is 20.0 Å². The number of fused-ring (bicyclic) bond motifs is 1. The van der Waals surface area contributed by atoms with E-state index in [2.05, 4.69) is 0 Å². The fraction of sp³-hybridized carbons (Fsp3) is 0.300. The molecule has 0 spiro atoms. The smallest absolute Gasteiger partial charge is 0.336 e. The highest BCUT2D eigenvalue weighted by atomic mass is 19.4. The van der Waals surface area contributed by atoms with Crippen molar-refractivity contribution in [1.82, 2.24) is 4.90 Å². The summed E-state index contributed by atoms with van der Waals surface area (Å²) in [5, 5.41) is 0. The molecule has 2 aromatic rings. The third-order valence-electron chi connectivity index (χ3n) is 4.66. The lowest BCUT2D eigenvalue weighted by Gasteiger charge is -2.31. The molecule has 142 valence electrons. The predicted octanol–water partition coefficient (Wildman–Crippen LogP) is 3.64. The molecule has 1 aliphatic heterocycles. The first kappa shape index (κ1) is 18.9. The van der Waals surface area contributed by atoms with Crippen molar-refractivity contribution in [3.8, 4) is 0 Å². The molecule has 0 aromatic heterocycles. The molecule has 0 bridgehead atoms. The molecule has 0 atom stereocenters. The molecule has 27 heavy (non-hydrogen) atoms. The van der Waals surface area contributed by atoms with Crippen LogP contribution in [0, 0.1) is 0 Å². The molecule has 3 rings (SSSR count). The number of hydrogen-bond acceptors (Lipinski definition) is 2. The Hall–Kier alpha value is -2.83. The maximum atomic E-state index is 13.3. The second-order valence-corrected chi connectivity index (χ2v) is 6.45. The van der Waals surface area contributed by atoms with Crippen LogP contribution in [-0.4, -0.2) is 29.8 Å². The standard InChI is InChI=1S/C20H19F3N2O2/c1-14(26)25(18-9-5-4-8-17(18)20(21,22)23)13-19(27)24-11-10-15-6-2-3-7-16(15)12-24/h2-9H,10-13H2,1H3. The number of benzene rings is 2. The highest BCUT2D eigenvalue weighted by Crippen LogP contribution is 2.36. The van der Waals surface area contributed by atoms with Crippen LogP contribution in [0.1, 0.15) is 23.6 Å². The zero-order valence-electron chi connectivity index (χ0n) is 14.8. The summed E-state index contributed by atoms with van der Waals surface area (Å²) in [4.78, 5) is 27.2. The molecule has 0 saturated heterocycles. The van der Waals surface area contributed by atoms with E-state index in [9.17, 15) is 22.8 Å². The lowest BCUT2D eigenvalue weighted by Crippen LogP contribution is -2.44. The Morgan fingerprint density at radius 2 is 1.67 bits per heavy atom. The zero-order chi connectivity index (χ0) is 19.6. The van der Waals surface area contributed by atoms with Crippen LogP contribution in [0.3, 0.4) is 0 Å². The van der Waals surface area contributed by atoms with E-state index in [4.69, 9.17) is 0 Å². The van der Waals surface area contributed by atoms with Crippen molar-refractivity contribution in [2.24, 2.45) is 0 Å². The van der Waals surface area contributed by atoms with E-state index in [0.29, 0.717) is 19.5 Å². The van der Waals surface area contributed by atoms with Crippen LogP contribution < -0.4 is 4.90 Å². The maximum Gasteiger partial charge on any atom is 0.418 e. The maximum absolute atomic E-state index is 13.3.